The minimum absolute atomic E-state index is 0.141. The van der Waals surface area contributed by atoms with Crippen LogP contribution < -0.4 is 5.43 Å². The second-order valence-corrected chi connectivity index (χ2v) is 10.7. The van der Waals surface area contributed by atoms with E-state index in [1.807, 2.05) is 10.6 Å². The maximum absolute atomic E-state index is 12.9. The Morgan fingerprint density at radius 2 is 2.03 bits per heavy atom. The van der Waals surface area contributed by atoms with E-state index in [0.717, 1.165) is 41.0 Å². The molecule has 0 radical (unpaired) electrons. The van der Waals surface area contributed by atoms with Gasteiger partial charge in [0, 0.05) is 32.9 Å². The Bertz CT molecular complexity index is 1270. The summed E-state index contributed by atoms with van der Waals surface area (Å²) in [5, 5.41) is 11.9. The molecule has 1 atom stereocenters. The summed E-state index contributed by atoms with van der Waals surface area (Å²) < 4.78 is 2.02. The highest BCUT2D eigenvalue weighted by Crippen LogP contribution is 2.50. The summed E-state index contributed by atoms with van der Waals surface area (Å²) in [6.45, 7) is 5.63. The molecule has 1 saturated carbocycles. The molecule has 1 fully saturated rings. The molecule has 0 saturated heterocycles. The van der Waals surface area contributed by atoms with E-state index in [0.29, 0.717) is 15.9 Å². The average molecular weight is 442 g/mol. The van der Waals surface area contributed by atoms with E-state index in [9.17, 15) is 14.7 Å². The molecule has 156 valence electrons. The number of hydrogen-bond acceptors (Lipinski definition) is 4. The quantitative estimate of drug-likeness (QED) is 0.512. The van der Waals surface area contributed by atoms with Gasteiger partial charge < -0.3 is 9.67 Å². The molecule has 5 rings (SSSR count). The van der Waals surface area contributed by atoms with E-state index in [1.54, 1.807) is 23.6 Å². The van der Waals surface area contributed by atoms with E-state index in [1.165, 1.54) is 12.5 Å². The first-order valence-electron chi connectivity index (χ1n) is 10.4. The van der Waals surface area contributed by atoms with Gasteiger partial charge in [-0.1, -0.05) is 31.5 Å². The summed E-state index contributed by atoms with van der Waals surface area (Å²) in [4.78, 5) is 26.9. The van der Waals surface area contributed by atoms with Gasteiger partial charge in [-0.2, -0.15) is 0 Å². The average Bonchev–Trinajstić information content (AvgIpc) is 3.44. The van der Waals surface area contributed by atoms with Crippen molar-refractivity contribution in [3.05, 3.63) is 55.6 Å². The Morgan fingerprint density at radius 1 is 1.30 bits per heavy atom. The molecule has 1 aromatic carbocycles. The summed E-state index contributed by atoms with van der Waals surface area (Å²) in [6, 6.07) is 6.08. The van der Waals surface area contributed by atoms with Gasteiger partial charge in [0.05, 0.1) is 22.2 Å². The molecule has 30 heavy (non-hydrogen) atoms. The number of carbonyl (C=O) groups excluding carboxylic acids is 1. The molecular formula is C24H24ClNO3S. The third-order valence-electron chi connectivity index (χ3n) is 6.59. The fourth-order valence-corrected chi connectivity index (χ4v) is 6.30. The topological polar surface area (TPSA) is 59.3 Å². The van der Waals surface area contributed by atoms with Crippen LogP contribution in [-0.4, -0.2) is 15.5 Å². The van der Waals surface area contributed by atoms with Crippen LogP contribution in [0.1, 0.15) is 73.0 Å². The molecule has 0 spiro atoms. The van der Waals surface area contributed by atoms with Crippen LogP contribution in [-0.2, 0) is 6.42 Å². The summed E-state index contributed by atoms with van der Waals surface area (Å²) in [6.07, 6.45) is 5.12. The van der Waals surface area contributed by atoms with Crippen LogP contribution in [0.5, 0.6) is 0 Å². The van der Waals surface area contributed by atoms with Gasteiger partial charge in [0.25, 0.3) is 0 Å². The second kappa shape index (κ2) is 6.78. The number of halogens is 1. The molecule has 2 aliphatic rings. The summed E-state index contributed by atoms with van der Waals surface area (Å²) in [7, 11) is 0. The highest BCUT2D eigenvalue weighted by molar-refractivity contribution is 7.15. The monoisotopic (exact) mass is 441 g/mol. The first-order valence-corrected chi connectivity index (χ1v) is 11.6. The second-order valence-electron chi connectivity index (χ2n) is 9.28. The minimum Gasteiger partial charge on any atom is -0.387 e. The minimum atomic E-state index is -0.484. The molecule has 6 heteroatoms. The number of benzene rings is 1. The predicted octanol–water partition coefficient (Wildman–Crippen LogP) is 5.93. The van der Waals surface area contributed by atoms with Crippen molar-refractivity contribution in [2.75, 3.05) is 0 Å². The Hall–Kier alpha value is -1.95. The maximum Gasteiger partial charge on any atom is 0.200 e. The number of thiophene rings is 1. The van der Waals surface area contributed by atoms with Crippen molar-refractivity contribution >= 4 is 39.6 Å². The summed E-state index contributed by atoms with van der Waals surface area (Å²) >= 11 is 8.50. The highest BCUT2D eigenvalue weighted by Gasteiger charge is 2.36. The molecular weight excluding hydrogens is 418 g/mol. The van der Waals surface area contributed by atoms with E-state index in [2.05, 4.69) is 19.9 Å². The van der Waals surface area contributed by atoms with Gasteiger partial charge in [-0.25, -0.2) is 0 Å². The van der Waals surface area contributed by atoms with Gasteiger partial charge in [-0.3, -0.25) is 9.59 Å². The Kier molecular flexibility index (Phi) is 4.51. The van der Waals surface area contributed by atoms with Gasteiger partial charge in [-0.05, 0) is 55.7 Å². The third kappa shape index (κ3) is 2.98. The Labute approximate surface area is 184 Å². The molecule has 1 N–H and O–H groups in total. The van der Waals surface area contributed by atoms with Crippen molar-refractivity contribution in [3.63, 3.8) is 0 Å². The Morgan fingerprint density at radius 3 is 2.70 bits per heavy atom. The van der Waals surface area contributed by atoms with Crippen LogP contribution in [0.15, 0.2) is 29.2 Å². The molecule has 4 nitrogen and oxygen atoms in total. The Balaban J connectivity index is 1.72. The zero-order chi connectivity index (χ0) is 21.4. The van der Waals surface area contributed by atoms with E-state index in [4.69, 9.17) is 11.6 Å². The molecule has 0 amide bonds. The van der Waals surface area contributed by atoms with E-state index in [-0.39, 0.29) is 28.2 Å². The van der Waals surface area contributed by atoms with Crippen molar-refractivity contribution in [1.29, 1.82) is 0 Å². The smallest absolute Gasteiger partial charge is 0.200 e. The van der Waals surface area contributed by atoms with E-state index >= 15 is 0 Å². The van der Waals surface area contributed by atoms with Gasteiger partial charge in [-0.15, -0.1) is 11.3 Å². The lowest BCUT2D eigenvalue weighted by Gasteiger charge is -2.34. The number of aliphatic hydroxyl groups excluding tert-OH is 1. The van der Waals surface area contributed by atoms with Crippen molar-refractivity contribution in [1.82, 2.24) is 4.57 Å². The molecule has 2 heterocycles. The van der Waals surface area contributed by atoms with Gasteiger partial charge >= 0.3 is 0 Å². The number of aromatic nitrogens is 1. The van der Waals surface area contributed by atoms with E-state index < -0.39 is 6.10 Å². The molecule has 3 aromatic rings. The lowest BCUT2D eigenvalue weighted by atomic mass is 9.75. The largest absolute Gasteiger partial charge is 0.387 e. The number of carbonyl (C=O) groups is 1. The van der Waals surface area contributed by atoms with Crippen LogP contribution >= 0.6 is 22.9 Å². The predicted molar refractivity (Wildman–Crippen MR) is 122 cm³/mol. The lowest BCUT2D eigenvalue weighted by Crippen LogP contribution is -2.26. The summed E-state index contributed by atoms with van der Waals surface area (Å²) in [5.74, 6) is -0.223. The van der Waals surface area contributed by atoms with Crippen molar-refractivity contribution in [3.8, 4) is 10.4 Å². The molecule has 2 aromatic heterocycles. The number of rotatable bonds is 3. The third-order valence-corrected chi connectivity index (χ3v) is 8.23. The van der Waals surface area contributed by atoms with Crippen LogP contribution in [0.25, 0.3) is 21.3 Å². The SMILES string of the molecule is CC(=O)c1cn(C2CC2)c2c(Cl)c(-c3cc4c(s3)C(O)C(C)(C)CC4)ccc2c1=O. The number of ketones is 1. The standard InChI is InChI=1S/C24H24ClNO3S/c1-12(27)17-11-26(14-4-5-14)20-16(21(17)28)7-6-15(19(20)25)18-10-13-8-9-24(2,3)23(29)22(13)30-18/h6-7,10-11,14,23,29H,4-5,8-9H2,1-3H3. The van der Waals surface area contributed by atoms with Crippen molar-refractivity contribution < 1.29 is 9.90 Å². The number of Topliss-reactive ketones (excluding diaryl/α,β-unsaturated/α-hetero) is 1. The zero-order valence-corrected chi connectivity index (χ0v) is 18.9. The van der Waals surface area contributed by atoms with Crippen LogP contribution in [0, 0.1) is 5.41 Å². The van der Waals surface area contributed by atoms with Gasteiger partial charge in [0.1, 0.15) is 0 Å². The van der Waals surface area contributed by atoms with Crippen LogP contribution in [0.2, 0.25) is 5.02 Å². The highest BCUT2D eigenvalue weighted by atomic mass is 35.5. The molecule has 0 aliphatic heterocycles. The molecule has 2 aliphatic carbocycles. The molecule has 1 unspecified atom stereocenters. The maximum atomic E-state index is 12.9. The van der Waals surface area contributed by atoms with Crippen molar-refractivity contribution in [2.24, 2.45) is 5.41 Å². The fourth-order valence-electron chi connectivity index (χ4n) is 4.44. The first kappa shape index (κ1) is 20.0. The molecule has 0 bridgehead atoms. The summed E-state index contributed by atoms with van der Waals surface area (Å²) in [5.41, 5.74) is 2.58. The number of pyridine rings is 1. The number of aliphatic hydroxyl groups is 1. The fraction of sp³-hybridized carbons (Fsp3) is 0.417. The van der Waals surface area contributed by atoms with Crippen LogP contribution in [0.3, 0.4) is 0 Å². The van der Waals surface area contributed by atoms with Crippen LogP contribution in [0.4, 0.5) is 0 Å². The van der Waals surface area contributed by atoms with Gasteiger partial charge in [0.2, 0.25) is 0 Å². The zero-order valence-electron chi connectivity index (χ0n) is 17.3. The number of fused-ring (bicyclic) bond motifs is 2. The lowest BCUT2D eigenvalue weighted by molar-refractivity contribution is 0.0373. The normalized spacial score (nSPS) is 20.4. The van der Waals surface area contributed by atoms with Gasteiger partial charge in [0.15, 0.2) is 11.2 Å². The van der Waals surface area contributed by atoms with Crippen molar-refractivity contribution in [2.45, 2.75) is 58.6 Å². The number of aryl methyl sites for hydroxylation is 1. The number of nitrogens with zero attached hydrogens (tertiary/aromatic N) is 1. The first-order chi connectivity index (χ1) is 14.2. The number of hydrogen-bond donors (Lipinski definition) is 1.